The molecule has 0 aliphatic heterocycles. The van der Waals surface area contributed by atoms with E-state index in [1.807, 2.05) is 26.8 Å². The van der Waals surface area contributed by atoms with Crippen LogP contribution < -0.4 is 10.0 Å². The van der Waals surface area contributed by atoms with Crippen LogP contribution in [0, 0.1) is 5.41 Å². The molecule has 9 nitrogen and oxygen atoms in total. The van der Waals surface area contributed by atoms with Crippen LogP contribution >= 0.6 is 0 Å². The van der Waals surface area contributed by atoms with Crippen LogP contribution in [0.25, 0.3) is 0 Å². The predicted octanol–water partition coefficient (Wildman–Crippen LogP) is 3.38. The highest BCUT2D eigenvalue weighted by Gasteiger charge is 2.33. The van der Waals surface area contributed by atoms with Crippen molar-refractivity contribution in [2.45, 2.75) is 72.5 Å². The average Bonchev–Trinajstić information content (AvgIpc) is 2.68. The maximum absolute atomic E-state index is 13.0. The van der Waals surface area contributed by atoms with Crippen LogP contribution in [0.3, 0.4) is 0 Å². The van der Waals surface area contributed by atoms with Crippen molar-refractivity contribution < 1.29 is 27.5 Å². The lowest BCUT2D eigenvalue weighted by atomic mass is 9.87. The van der Waals surface area contributed by atoms with E-state index < -0.39 is 39.5 Å². The first-order valence-corrected chi connectivity index (χ1v) is 12.3. The van der Waals surface area contributed by atoms with Gasteiger partial charge in [0.1, 0.15) is 12.2 Å². The molecule has 0 aliphatic carbocycles. The minimum Gasteiger partial charge on any atom is -0.444 e. The van der Waals surface area contributed by atoms with Gasteiger partial charge in [-0.1, -0.05) is 57.4 Å². The molecule has 1 aromatic rings. The minimum absolute atomic E-state index is 0.0703. The van der Waals surface area contributed by atoms with Gasteiger partial charge in [-0.15, -0.1) is 0 Å². The maximum Gasteiger partial charge on any atom is 0.424 e. The van der Waals surface area contributed by atoms with Crippen LogP contribution in [-0.2, 0) is 26.3 Å². The highest BCUT2D eigenvalue weighted by atomic mass is 32.2. The normalized spacial score (nSPS) is 13.2. The zero-order valence-corrected chi connectivity index (χ0v) is 21.2. The molecule has 0 spiro atoms. The third-order valence-electron chi connectivity index (χ3n) is 4.47. The van der Waals surface area contributed by atoms with Crippen LogP contribution in [-0.4, -0.2) is 57.5 Å². The second-order valence-electron chi connectivity index (χ2n) is 9.67. The number of rotatable bonds is 10. The standard InChI is InChI=1S/C22H36BN3O6S/c1-21(2,3)18(25-19(27)32-22(4,5)6)15-24-33(29,30)26(14-10-13-23)20(28)31-16-17-11-8-7-9-12-17/h7-9,11-12,18,24H,10,13-16H2,1-6H3,(H,25,27)/t18-/m1/s1. The smallest absolute Gasteiger partial charge is 0.424 e. The Morgan fingerprint density at radius 3 is 2.21 bits per heavy atom. The largest absolute Gasteiger partial charge is 0.444 e. The van der Waals surface area contributed by atoms with Gasteiger partial charge in [-0.2, -0.15) is 17.4 Å². The van der Waals surface area contributed by atoms with Crippen LogP contribution in [0.5, 0.6) is 0 Å². The molecule has 2 N–H and O–H groups in total. The van der Waals surface area contributed by atoms with E-state index in [0.717, 1.165) is 5.56 Å². The molecule has 0 bridgehead atoms. The Morgan fingerprint density at radius 1 is 1.09 bits per heavy atom. The molecule has 1 aromatic carbocycles. The number of benzene rings is 1. The molecular formula is C22H36BN3O6S. The molecule has 0 aliphatic rings. The van der Waals surface area contributed by atoms with Crippen LogP contribution in [0.1, 0.15) is 53.5 Å². The number of ether oxygens (including phenoxy) is 2. The maximum atomic E-state index is 13.0. The highest BCUT2D eigenvalue weighted by Crippen LogP contribution is 2.20. The lowest BCUT2D eigenvalue weighted by Crippen LogP contribution is -2.54. The van der Waals surface area contributed by atoms with E-state index in [1.165, 1.54) is 0 Å². The summed E-state index contributed by atoms with van der Waals surface area (Å²) in [7, 11) is 1.25. The van der Waals surface area contributed by atoms with Gasteiger partial charge in [-0.3, -0.25) is 0 Å². The van der Waals surface area contributed by atoms with Crippen LogP contribution in [0.15, 0.2) is 30.3 Å². The summed E-state index contributed by atoms with van der Waals surface area (Å²) in [6.45, 7) is 10.4. The fraction of sp³-hybridized carbons (Fsp3) is 0.636. The van der Waals surface area contributed by atoms with E-state index in [-0.39, 0.29) is 32.4 Å². The number of alkyl carbamates (subject to hydrolysis) is 1. The van der Waals surface area contributed by atoms with Gasteiger partial charge in [0.05, 0.1) is 13.9 Å². The molecule has 184 valence electrons. The summed E-state index contributed by atoms with van der Waals surface area (Å²) in [5.74, 6) is 0. The molecule has 0 fully saturated rings. The molecule has 1 atom stereocenters. The molecule has 0 unspecified atom stereocenters. The topological polar surface area (TPSA) is 114 Å². The summed E-state index contributed by atoms with van der Waals surface area (Å²) in [6.07, 6.45) is -1.21. The first-order valence-electron chi connectivity index (χ1n) is 10.8. The number of carbonyl (C=O) groups is 2. The lowest BCUT2D eigenvalue weighted by molar-refractivity contribution is 0.0465. The van der Waals surface area contributed by atoms with Crippen molar-refractivity contribution in [3.63, 3.8) is 0 Å². The van der Waals surface area contributed by atoms with Crippen molar-refractivity contribution in [2.75, 3.05) is 13.1 Å². The Labute approximate surface area is 199 Å². The summed E-state index contributed by atoms with van der Waals surface area (Å²) in [4.78, 5) is 24.8. The molecule has 11 heteroatoms. The Balaban J connectivity index is 2.90. The average molecular weight is 481 g/mol. The Morgan fingerprint density at radius 2 is 1.70 bits per heavy atom. The molecular weight excluding hydrogens is 445 g/mol. The van der Waals surface area contributed by atoms with Crippen LogP contribution in [0.4, 0.5) is 9.59 Å². The van der Waals surface area contributed by atoms with Crippen molar-refractivity contribution in [3.05, 3.63) is 35.9 Å². The highest BCUT2D eigenvalue weighted by molar-refractivity contribution is 7.87. The summed E-state index contributed by atoms with van der Waals surface area (Å²) in [6, 6.07) is 8.32. The van der Waals surface area contributed by atoms with Crippen LogP contribution in [0.2, 0.25) is 6.32 Å². The van der Waals surface area contributed by atoms with E-state index in [4.69, 9.17) is 17.3 Å². The third kappa shape index (κ3) is 10.9. The number of hydrogen-bond acceptors (Lipinski definition) is 6. The van der Waals surface area contributed by atoms with E-state index >= 15 is 0 Å². The second-order valence-corrected chi connectivity index (χ2v) is 11.4. The van der Waals surface area contributed by atoms with E-state index in [2.05, 4.69) is 10.0 Å². The molecule has 2 amide bonds. The van der Waals surface area contributed by atoms with Gasteiger partial charge in [-0.05, 0) is 38.2 Å². The molecule has 33 heavy (non-hydrogen) atoms. The van der Waals surface area contributed by atoms with E-state index in [9.17, 15) is 18.0 Å². The number of nitrogens with zero attached hydrogens (tertiary/aromatic N) is 1. The first-order chi connectivity index (χ1) is 15.2. The molecule has 0 saturated carbocycles. The Bertz CT molecular complexity index is 866. The number of nitrogens with one attached hydrogen (secondary N) is 2. The quantitative estimate of drug-likeness (QED) is 0.496. The van der Waals surface area contributed by atoms with Gasteiger partial charge in [-0.25, -0.2) is 9.59 Å². The SMILES string of the molecule is [B]CCCN(C(=O)OCc1ccccc1)S(=O)(=O)NC[C@@H](NC(=O)OC(C)(C)C)C(C)(C)C. The third-order valence-corrected chi connectivity index (χ3v) is 5.91. The Hall–Kier alpha value is -2.27. The summed E-state index contributed by atoms with van der Waals surface area (Å²) in [5.41, 5.74) is -0.479. The zero-order valence-electron chi connectivity index (χ0n) is 20.4. The van der Waals surface area contributed by atoms with Crippen molar-refractivity contribution in [1.82, 2.24) is 14.3 Å². The van der Waals surface area contributed by atoms with Crippen molar-refractivity contribution in [2.24, 2.45) is 5.41 Å². The number of amides is 2. The van der Waals surface area contributed by atoms with Gasteiger partial charge in [0, 0.05) is 13.1 Å². The first kappa shape index (κ1) is 28.8. The zero-order chi connectivity index (χ0) is 25.3. The predicted molar refractivity (Wildman–Crippen MR) is 128 cm³/mol. The van der Waals surface area contributed by atoms with E-state index in [0.29, 0.717) is 4.31 Å². The molecule has 0 saturated heterocycles. The molecule has 1 rings (SSSR count). The fourth-order valence-electron chi connectivity index (χ4n) is 2.63. The number of carbonyl (C=O) groups excluding carboxylic acids is 2. The Kier molecular flexibility index (Phi) is 10.7. The van der Waals surface area contributed by atoms with Crippen molar-refractivity contribution >= 4 is 30.2 Å². The second kappa shape index (κ2) is 12.3. The fourth-order valence-corrected chi connectivity index (χ4v) is 3.78. The van der Waals surface area contributed by atoms with Gasteiger partial charge < -0.3 is 14.8 Å². The van der Waals surface area contributed by atoms with Crippen molar-refractivity contribution in [1.29, 1.82) is 0 Å². The molecule has 2 radical (unpaired) electrons. The molecule has 0 aromatic heterocycles. The van der Waals surface area contributed by atoms with Gasteiger partial charge >= 0.3 is 22.4 Å². The summed E-state index contributed by atoms with van der Waals surface area (Å²) in [5, 5.41) is 2.70. The minimum atomic E-state index is -4.26. The lowest BCUT2D eigenvalue weighted by Gasteiger charge is -2.33. The van der Waals surface area contributed by atoms with E-state index in [1.54, 1.807) is 45.0 Å². The number of hydrogen-bond donors (Lipinski definition) is 2. The molecule has 0 heterocycles. The summed E-state index contributed by atoms with van der Waals surface area (Å²) >= 11 is 0. The monoisotopic (exact) mass is 481 g/mol. The van der Waals surface area contributed by atoms with Gasteiger partial charge in [0.15, 0.2) is 0 Å². The summed E-state index contributed by atoms with van der Waals surface area (Å²) < 4.78 is 39.4. The van der Waals surface area contributed by atoms with Crippen molar-refractivity contribution in [3.8, 4) is 0 Å². The van der Waals surface area contributed by atoms with Gasteiger partial charge in [0.2, 0.25) is 0 Å². The van der Waals surface area contributed by atoms with Gasteiger partial charge in [0.25, 0.3) is 0 Å².